The van der Waals surface area contributed by atoms with Crippen molar-refractivity contribution in [2.45, 2.75) is 26.4 Å². The molecule has 1 heterocycles. The van der Waals surface area contributed by atoms with Crippen molar-refractivity contribution >= 4 is 39.1 Å². The second kappa shape index (κ2) is 7.03. The number of anilines is 1. The summed E-state index contributed by atoms with van der Waals surface area (Å²) in [5.74, 6) is 1.11. The van der Waals surface area contributed by atoms with E-state index in [4.69, 9.17) is 21.1 Å². The molecule has 1 N–H and O–H groups in total. The monoisotopic (exact) mass is 409 g/mol. The van der Waals surface area contributed by atoms with E-state index in [0.717, 1.165) is 22.2 Å². The molecule has 0 aromatic heterocycles. The Labute approximate surface area is 154 Å². The maximum atomic E-state index is 12.6. The summed E-state index contributed by atoms with van der Waals surface area (Å²) in [5, 5.41) is 3.26. The summed E-state index contributed by atoms with van der Waals surface area (Å²) < 4.78 is 12.2. The van der Waals surface area contributed by atoms with Crippen LogP contribution in [0.4, 0.5) is 5.69 Å². The van der Waals surface area contributed by atoms with Gasteiger partial charge in [-0.3, -0.25) is 4.79 Å². The van der Waals surface area contributed by atoms with Crippen LogP contribution in [0.25, 0.3) is 0 Å². The minimum Gasteiger partial charge on any atom is -0.492 e. The van der Waals surface area contributed by atoms with Crippen LogP contribution >= 0.6 is 27.5 Å². The lowest BCUT2D eigenvalue weighted by Crippen LogP contribution is -2.14. The van der Waals surface area contributed by atoms with Crippen molar-refractivity contribution in [3.05, 3.63) is 51.0 Å². The Balaban J connectivity index is 1.92. The molecule has 1 aliphatic rings. The fourth-order valence-corrected chi connectivity index (χ4v) is 3.24. The zero-order valence-corrected chi connectivity index (χ0v) is 15.7. The molecule has 1 amide bonds. The van der Waals surface area contributed by atoms with E-state index in [2.05, 4.69) is 21.2 Å². The molecule has 6 heteroatoms. The van der Waals surface area contributed by atoms with Gasteiger partial charge in [-0.05, 0) is 38.1 Å². The smallest absolute Gasteiger partial charge is 0.257 e. The molecule has 1 aliphatic heterocycles. The largest absolute Gasteiger partial charge is 0.492 e. The van der Waals surface area contributed by atoms with Crippen LogP contribution in [-0.2, 0) is 6.42 Å². The van der Waals surface area contributed by atoms with Crippen LogP contribution in [0.5, 0.6) is 11.5 Å². The summed E-state index contributed by atoms with van der Waals surface area (Å²) in [4.78, 5) is 12.6. The molecular formula is C18H17BrClNO3. The number of rotatable bonds is 4. The summed E-state index contributed by atoms with van der Waals surface area (Å²) in [5.41, 5.74) is 2.05. The minimum absolute atomic E-state index is 0.125. The topological polar surface area (TPSA) is 47.6 Å². The number of hydrogen-bond acceptors (Lipinski definition) is 3. The van der Waals surface area contributed by atoms with Crippen molar-refractivity contribution in [1.29, 1.82) is 0 Å². The molecular weight excluding hydrogens is 394 g/mol. The third-order valence-electron chi connectivity index (χ3n) is 3.72. The molecule has 2 aromatic carbocycles. The number of halogens is 2. The molecule has 4 nitrogen and oxygen atoms in total. The van der Waals surface area contributed by atoms with Crippen molar-refractivity contribution in [2.75, 3.05) is 11.9 Å². The highest BCUT2D eigenvalue weighted by atomic mass is 79.9. The van der Waals surface area contributed by atoms with Crippen molar-refractivity contribution in [1.82, 2.24) is 0 Å². The average molecular weight is 411 g/mol. The number of nitrogens with one attached hydrogen (secondary N) is 1. The van der Waals surface area contributed by atoms with Gasteiger partial charge in [0.1, 0.15) is 17.6 Å². The van der Waals surface area contributed by atoms with Crippen molar-refractivity contribution in [2.24, 2.45) is 0 Å². The van der Waals surface area contributed by atoms with Gasteiger partial charge in [-0.15, -0.1) is 0 Å². The van der Waals surface area contributed by atoms with E-state index in [1.165, 1.54) is 0 Å². The van der Waals surface area contributed by atoms with Crippen LogP contribution in [0.15, 0.2) is 34.8 Å². The van der Waals surface area contributed by atoms with Gasteiger partial charge in [0.2, 0.25) is 0 Å². The molecule has 126 valence electrons. The van der Waals surface area contributed by atoms with E-state index in [1.807, 2.05) is 26.0 Å². The number of fused-ring (bicyclic) bond motifs is 1. The summed E-state index contributed by atoms with van der Waals surface area (Å²) in [6, 6.07) is 8.89. The lowest BCUT2D eigenvalue weighted by Gasteiger charge is -2.14. The van der Waals surface area contributed by atoms with Gasteiger partial charge in [-0.1, -0.05) is 27.5 Å². The number of benzene rings is 2. The summed E-state index contributed by atoms with van der Waals surface area (Å²) in [6.45, 7) is 4.43. The Kier molecular flexibility index (Phi) is 5.01. The average Bonchev–Trinajstić information content (AvgIpc) is 2.89. The first kappa shape index (κ1) is 17.1. The molecule has 24 heavy (non-hydrogen) atoms. The van der Waals surface area contributed by atoms with E-state index < -0.39 is 0 Å². The number of hydrogen-bond donors (Lipinski definition) is 1. The van der Waals surface area contributed by atoms with Gasteiger partial charge in [0.15, 0.2) is 0 Å². The minimum atomic E-state index is -0.298. The summed E-state index contributed by atoms with van der Waals surface area (Å²) in [7, 11) is 0. The van der Waals surface area contributed by atoms with Crippen LogP contribution in [0.2, 0.25) is 5.02 Å². The molecule has 0 bridgehead atoms. The maximum absolute atomic E-state index is 12.6. The predicted molar refractivity (Wildman–Crippen MR) is 98.5 cm³/mol. The highest BCUT2D eigenvalue weighted by Gasteiger charge is 2.23. The molecule has 0 unspecified atom stereocenters. The molecule has 0 aliphatic carbocycles. The standard InChI is InChI=1S/C18H17BrClNO3/c1-3-23-17-7-11-6-10(2)24-16(11)9-15(17)21-18(22)13-8-12(19)4-5-14(13)20/h4-5,7-10H,3,6H2,1-2H3,(H,21,22)/t10-/m0/s1. The van der Waals surface area contributed by atoms with Crippen LogP contribution in [0, 0.1) is 0 Å². The first-order valence-corrected chi connectivity index (χ1v) is 8.87. The van der Waals surface area contributed by atoms with Gasteiger partial charge in [0.05, 0.1) is 22.9 Å². The van der Waals surface area contributed by atoms with Gasteiger partial charge in [0, 0.05) is 22.5 Å². The van der Waals surface area contributed by atoms with Crippen LogP contribution in [0.1, 0.15) is 29.8 Å². The zero-order valence-electron chi connectivity index (χ0n) is 13.4. The van der Waals surface area contributed by atoms with Gasteiger partial charge in [-0.2, -0.15) is 0 Å². The Bertz CT molecular complexity index is 794. The van der Waals surface area contributed by atoms with Gasteiger partial charge < -0.3 is 14.8 Å². The van der Waals surface area contributed by atoms with Crippen molar-refractivity contribution < 1.29 is 14.3 Å². The molecule has 0 fully saturated rings. The second-order valence-corrected chi connectivity index (χ2v) is 6.92. The number of carbonyl (C=O) groups is 1. The first-order chi connectivity index (χ1) is 11.5. The summed E-state index contributed by atoms with van der Waals surface area (Å²) >= 11 is 9.49. The molecule has 1 atom stereocenters. The zero-order chi connectivity index (χ0) is 17.3. The van der Waals surface area contributed by atoms with Gasteiger partial charge >= 0.3 is 0 Å². The predicted octanol–water partition coefficient (Wildman–Crippen LogP) is 5.08. The molecule has 0 saturated carbocycles. The molecule has 2 aromatic rings. The van der Waals surface area contributed by atoms with E-state index in [1.54, 1.807) is 18.2 Å². The normalized spacial score (nSPS) is 15.6. The second-order valence-electron chi connectivity index (χ2n) is 5.60. The highest BCUT2D eigenvalue weighted by molar-refractivity contribution is 9.10. The molecule has 0 saturated heterocycles. The third-order valence-corrected chi connectivity index (χ3v) is 4.54. The lowest BCUT2D eigenvalue weighted by atomic mass is 10.1. The van der Waals surface area contributed by atoms with Crippen molar-refractivity contribution in [3.8, 4) is 11.5 Å². The first-order valence-electron chi connectivity index (χ1n) is 7.70. The highest BCUT2D eigenvalue weighted by Crippen LogP contribution is 2.38. The van der Waals surface area contributed by atoms with Gasteiger partial charge in [0.25, 0.3) is 5.91 Å². The van der Waals surface area contributed by atoms with E-state index >= 15 is 0 Å². The SMILES string of the molecule is CCOc1cc2c(cc1NC(=O)c1cc(Br)ccc1Cl)O[C@@H](C)C2. The molecule has 0 radical (unpaired) electrons. The van der Waals surface area contributed by atoms with Crippen LogP contribution in [-0.4, -0.2) is 18.6 Å². The maximum Gasteiger partial charge on any atom is 0.257 e. The van der Waals surface area contributed by atoms with Crippen molar-refractivity contribution in [3.63, 3.8) is 0 Å². The summed E-state index contributed by atoms with van der Waals surface area (Å²) in [6.07, 6.45) is 0.959. The van der Waals surface area contributed by atoms with Crippen LogP contribution < -0.4 is 14.8 Å². The Morgan fingerprint density at radius 2 is 2.21 bits per heavy atom. The van der Waals surface area contributed by atoms with Gasteiger partial charge in [-0.25, -0.2) is 0 Å². The van der Waals surface area contributed by atoms with Crippen LogP contribution in [0.3, 0.4) is 0 Å². The number of amides is 1. The van der Waals surface area contributed by atoms with E-state index in [-0.39, 0.29) is 12.0 Å². The third kappa shape index (κ3) is 3.52. The molecule has 3 rings (SSSR count). The number of ether oxygens (including phenoxy) is 2. The Hall–Kier alpha value is -1.72. The Morgan fingerprint density at radius 3 is 2.96 bits per heavy atom. The van der Waals surface area contributed by atoms with E-state index in [0.29, 0.717) is 28.6 Å². The van der Waals surface area contributed by atoms with E-state index in [9.17, 15) is 4.79 Å². The molecule has 0 spiro atoms. The Morgan fingerprint density at radius 1 is 1.42 bits per heavy atom. The fraction of sp³-hybridized carbons (Fsp3) is 0.278. The quantitative estimate of drug-likeness (QED) is 0.765. The fourth-order valence-electron chi connectivity index (χ4n) is 2.67. The lowest BCUT2D eigenvalue weighted by molar-refractivity contribution is 0.102. The number of carbonyl (C=O) groups excluding carboxylic acids is 1.